The quantitative estimate of drug-likeness (QED) is 0.470. The first-order chi connectivity index (χ1) is 15.2. The van der Waals surface area contributed by atoms with Crippen LogP contribution in [0.3, 0.4) is 0 Å². The fraction of sp³-hybridized carbons (Fsp3) is 0.296. The molecule has 1 saturated carbocycles. The summed E-state index contributed by atoms with van der Waals surface area (Å²) in [5.74, 6) is 0.0925. The molecular weight excluding hydrogens is 388 g/mol. The van der Waals surface area contributed by atoms with Crippen LogP contribution in [0.5, 0.6) is 0 Å². The molecule has 3 aromatic carbocycles. The minimum absolute atomic E-state index is 0.176. The van der Waals surface area contributed by atoms with Crippen molar-refractivity contribution in [3.8, 4) is 0 Å². The largest absolute Gasteiger partial charge is 0.456 e. The molecule has 0 heterocycles. The van der Waals surface area contributed by atoms with Gasteiger partial charge < -0.3 is 14.6 Å². The molecule has 31 heavy (non-hydrogen) atoms. The highest BCUT2D eigenvalue weighted by Gasteiger charge is 2.49. The Hall–Kier alpha value is -2.95. The highest BCUT2D eigenvalue weighted by molar-refractivity contribution is 5.89. The molecule has 5 atom stereocenters. The van der Waals surface area contributed by atoms with Gasteiger partial charge in [-0.05, 0) is 48.4 Å². The molecule has 0 bridgehead atoms. The van der Waals surface area contributed by atoms with Crippen molar-refractivity contribution in [3.63, 3.8) is 0 Å². The maximum absolute atomic E-state index is 12.9. The molecule has 0 radical (unpaired) electrons. The zero-order chi connectivity index (χ0) is 21.2. The summed E-state index contributed by atoms with van der Waals surface area (Å²) in [5.41, 5.74) is 3.91. The summed E-state index contributed by atoms with van der Waals surface area (Å²) in [6, 6.07) is 26.9. The molecule has 5 rings (SSSR count). The molecule has 4 nitrogen and oxygen atoms in total. The number of ether oxygens (including phenoxy) is 2. The van der Waals surface area contributed by atoms with E-state index in [1.807, 2.05) is 48.5 Å². The number of rotatable bonds is 5. The van der Waals surface area contributed by atoms with Gasteiger partial charge in [0, 0.05) is 11.5 Å². The number of benzene rings is 3. The monoisotopic (exact) mass is 414 g/mol. The van der Waals surface area contributed by atoms with Crippen LogP contribution < -0.4 is 0 Å². The van der Waals surface area contributed by atoms with Gasteiger partial charge in [-0.1, -0.05) is 72.8 Å². The molecule has 1 fully saturated rings. The molecule has 5 unspecified atom stereocenters. The van der Waals surface area contributed by atoms with Crippen LogP contribution in [-0.2, 0) is 15.9 Å². The number of fused-ring (bicyclic) bond motifs is 3. The maximum atomic E-state index is 12.9. The number of hydrogen-bond donors (Lipinski definition) is 1. The maximum Gasteiger partial charge on any atom is 0.338 e. The normalized spacial score (nSPS) is 25.3. The summed E-state index contributed by atoms with van der Waals surface area (Å²) in [5, 5.41) is 10.7. The molecule has 0 amide bonds. The minimum atomic E-state index is -1.06. The Bertz CT molecular complexity index is 1030. The molecule has 0 saturated heterocycles. The fourth-order valence-electron chi connectivity index (χ4n) is 5.16. The van der Waals surface area contributed by atoms with E-state index >= 15 is 0 Å². The van der Waals surface area contributed by atoms with E-state index in [4.69, 9.17) is 9.47 Å². The third-order valence-corrected chi connectivity index (χ3v) is 6.63. The zero-order valence-corrected chi connectivity index (χ0v) is 17.3. The van der Waals surface area contributed by atoms with Crippen molar-refractivity contribution < 1.29 is 19.4 Å². The number of carbonyl (C=O) groups excluding carboxylic acids is 1. The predicted molar refractivity (Wildman–Crippen MR) is 118 cm³/mol. The van der Waals surface area contributed by atoms with E-state index in [0.29, 0.717) is 11.1 Å². The molecule has 4 heteroatoms. The van der Waals surface area contributed by atoms with Crippen LogP contribution in [0.25, 0.3) is 0 Å². The van der Waals surface area contributed by atoms with Crippen LogP contribution in [0.15, 0.2) is 84.9 Å². The Labute approximate surface area is 182 Å². The van der Waals surface area contributed by atoms with Gasteiger partial charge in [-0.3, -0.25) is 0 Å². The topological polar surface area (TPSA) is 55.8 Å². The standard InChI is InChI=1S/C27H26O4/c28-26(19-10-3-1-4-11-19)30-24-17-23-21-14-8-7-9-18(21)15-16-22(23)25(24)31-27(29)20-12-5-2-6-13-20/h1-14,22-26,28H,15-17H2. The zero-order valence-electron chi connectivity index (χ0n) is 17.3. The summed E-state index contributed by atoms with van der Waals surface area (Å²) < 4.78 is 12.2. The lowest BCUT2D eigenvalue weighted by molar-refractivity contribution is -0.165. The van der Waals surface area contributed by atoms with Crippen molar-refractivity contribution in [2.24, 2.45) is 5.92 Å². The van der Waals surface area contributed by atoms with E-state index in [0.717, 1.165) is 19.3 Å². The predicted octanol–water partition coefficient (Wildman–Crippen LogP) is 5.04. The molecule has 2 aliphatic carbocycles. The van der Waals surface area contributed by atoms with Gasteiger partial charge in [0.05, 0.1) is 11.7 Å². The second-order valence-electron chi connectivity index (χ2n) is 8.42. The summed E-state index contributed by atoms with van der Waals surface area (Å²) in [4.78, 5) is 12.9. The van der Waals surface area contributed by atoms with Gasteiger partial charge in [0.2, 0.25) is 0 Å². The van der Waals surface area contributed by atoms with E-state index in [1.165, 1.54) is 11.1 Å². The van der Waals surface area contributed by atoms with Crippen molar-refractivity contribution in [2.75, 3.05) is 0 Å². The van der Waals surface area contributed by atoms with Gasteiger partial charge in [0.15, 0.2) is 6.29 Å². The smallest absolute Gasteiger partial charge is 0.338 e. The highest BCUT2D eigenvalue weighted by Crippen LogP contribution is 2.49. The van der Waals surface area contributed by atoms with Crippen LogP contribution in [0.4, 0.5) is 0 Å². The first-order valence-corrected chi connectivity index (χ1v) is 10.9. The summed E-state index contributed by atoms with van der Waals surface area (Å²) >= 11 is 0. The van der Waals surface area contributed by atoms with Gasteiger partial charge in [0.25, 0.3) is 0 Å². The number of aryl methyl sites for hydroxylation is 1. The summed E-state index contributed by atoms with van der Waals surface area (Å²) in [7, 11) is 0. The lowest BCUT2D eigenvalue weighted by Crippen LogP contribution is -2.35. The molecular formula is C27H26O4. The Morgan fingerprint density at radius 3 is 2.35 bits per heavy atom. The van der Waals surface area contributed by atoms with Crippen LogP contribution in [0, 0.1) is 5.92 Å². The number of hydrogen-bond acceptors (Lipinski definition) is 4. The molecule has 3 aromatic rings. The highest BCUT2D eigenvalue weighted by atomic mass is 16.6. The van der Waals surface area contributed by atoms with Crippen molar-refractivity contribution >= 4 is 5.97 Å². The van der Waals surface area contributed by atoms with Crippen LogP contribution in [0.1, 0.15) is 52.1 Å². The summed E-state index contributed by atoms with van der Waals surface area (Å²) in [6.45, 7) is 0. The second kappa shape index (κ2) is 8.66. The Kier molecular flexibility index (Phi) is 5.58. The van der Waals surface area contributed by atoms with Gasteiger partial charge in [-0.2, -0.15) is 0 Å². The number of carbonyl (C=O) groups is 1. The minimum Gasteiger partial charge on any atom is -0.456 e. The van der Waals surface area contributed by atoms with E-state index in [1.54, 1.807) is 12.1 Å². The third kappa shape index (κ3) is 4.01. The Morgan fingerprint density at radius 2 is 1.58 bits per heavy atom. The van der Waals surface area contributed by atoms with Crippen LogP contribution >= 0.6 is 0 Å². The van der Waals surface area contributed by atoms with Gasteiger partial charge >= 0.3 is 5.97 Å². The lowest BCUT2D eigenvalue weighted by atomic mass is 9.76. The molecule has 0 aliphatic heterocycles. The first kappa shape index (κ1) is 20.0. The SMILES string of the molecule is O=C(OC1C(OC(O)c2ccccc2)CC2c3ccccc3CCC21)c1ccccc1. The van der Waals surface area contributed by atoms with E-state index in [2.05, 4.69) is 24.3 Å². The number of aliphatic hydroxyl groups is 1. The number of esters is 1. The Balaban J connectivity index is 1.42. The summed E-state index contributed by atoms with van der Waals surface area (Å²) in [6.07, 6.45) is 0.798. The Morgan fingerprint density at radius 1 is 0.903 bits per heavy atom. The van der Waals surface area contributed by atoms with Gasteiger partial charge in [0.1, 0.15) is 6.10 Å². The molecule has 0 aromatic heterocycles. The third-order valence-electron chi connectivity index (χ3n) is 6.63. The van der Waals surface area contributed by atoms with Crippen molar-refractivity contribution in [2.45, 2.75) is 43.7 Å². The average Bonchev–Trinajstić information content (AvgIpc) is 3.17. The fourth-order valence-corrected chi connectivity index (χ4v) is 5.16. The lowest BCUT2D eigenvalue weighted by Gasteiger charge is -2.31. The van der Waals surface area contributed by atoms with Crippen LogP contribution in [-0.4, -0.2) is 23.3 Å². The van der Waals surface area contributed by atoms with Crippen molar-refractivity contribution in [1.82, 2.24) is 0 Å². The molecule has 0 spiro atoms. The van der Waals surface area contributed by atoms with E-state index in [-0.39, 0.29) is 23.9 Å². The molecule has 1 N–H and O–H groups in total. The molecule has 158 valence electrons. The second-order valence-corrected chi connectivity index (χ2v) is 8.42. The number of aliphatic hydroxyl groups excluding tert-OH is 1. The van der Waals surface area contributed by atoms with Gasteiger partial charge in [-0.25, -0.2) is 4.79 Å². The van der Waals surface area contributed by atoms with Crippen molar-refractivity contribution in [3.05, 3.63) is 107 Å². The average molecular weight is 415 g/mol. The van der Waals surface area contributed by atoms with E-state index < -0.39 is 12.4 Å². The van der Waals surface area contributed by atoms with E-state index in [9.17, 15) is 9.90 Å². The molecule has 2 aliphatic rings. The van der Waals surface area contributed by atoms with Crippen LogP contribution in [0.2, 0.25) is 0 Å². The van der Waals surface area contributed by atoms with Gasteiger partial charge in [-0.15, -0.1) is 0 Å². The van der Waals surface area contributed by atoms with Crippen molar-refractivity contribution in [1.29, 1.82) is 0 Å². The first-order valence-electron chi connectivity index (χ1n) is 10.9.